The fraction of sp³-hybridized carbons (Fsp3) is 0.429. The van der Waals surface area contributed by atoms with Gasteiger partial charge >= 0.3 is 0 Å². The van der Waals surface area contributed by atoms with E-state index in [1.165, 1.54) is 4.90 Å². The Kier molecular flexibility index (Phi) is 3.32. The third kappa shape index (κ3) is 2.35. The predicted molar refractivity (Wildman–Crippen MR) is 77.9 cm³/mol. The first-order chi connectivity index (χ1) is 10.1. The van der Waals surface area contributed by atoms with Crippen LogP contribution in [0.1, 0.15) is 34.2 Å². The molecule has 1 amide bonds. The number of hydrogen-bond donors (Lipinski definition) is 1. The normalized spacial score (nSPS) is 13.4. The lowest BCUT2D eigenvalue weighted by atomic mass is 10.2. The zero-order valence-electron chi connectivity index (χ0n) is 12.4. The van der Waals surface area contributed by atoms with Gasteiger partial charge in [-0.1, -0.05) is 6.92 Å². The van der Waals surface area contributed by atoms with Gasteiger partial charge in [0.15, 0.2) is 5.69 Å². The van der Waals surface area contributed by atoms with Crippen molar-refractivity contribution in [3.05, 3.63) is 34.9 Å². The Morgan fingerprint density at radius 1 is 1.33 bits per heavy atom. The molecule has 0 fully saturated rings. The molecule has 0 radical (unpaired) electrons. The highest BCUT2D eigenvalue weighted by Gasteiger charge is 2.29. The van der Waals surface area contributed by atoms with Crippen molar-refractivity contribution in [3.8, 4) is 0 Å². The monoisotopic (exact) mass is 286 g/mol. The van der Waals surface area contributed by atoms with Gasteiger partial charge in [-0.3, -0.25) is 9.89 Å². The van der Waals surface area contributed by atoms with Crippen LogP contribution >= 0.6 is 0 Å². The standard InChI is InChI=1S/C14H18N6O/c1-4-9-5-15-14(16-6-9)20-7-10-11(8-20)17-18-12(10)13(21)19(2)3/h5-6H,4,7-8H2,1-3H3,(H,17,18). The number of anilines is 1. The Balaban J connectivity index is 1.82. The first-order valence-corrected chi connectivity index (χ1v) is 6.93. The lowest BCUT2D eigenvalue weighted by Gasteiger charge is -2.15. The lowest BCUT2D eigenvalue weighted by Crippen LogP contribution is -2.24. The van der Waals surface area contributed by atoms with Crippen molar-refractivity contribution in [1.29, 1.82) is 0 Å². The van der Waals surface area contributed by atoms with E-state index in [1.54, 1.807) is 14.1 Å². The minimum absolute atomic E-state index is 0.0865. The van der Waals surface area contributed by atoms with E-state index >= 15 is 0 Å². The van der Waals surface area contributed by atoms with Crippen LogP contribution in [0.15, 0.2) is 12.4 Å². The fourth-order valence-corrected chi connectivity index (χ4v) is 2.36. The molecule has 1 aliphatic rings. The van der Waals surface area contributed by atoms with E-state index in [4.69, 9.17) is 0 Å². The molecule has 7 heteroatoms. The second-order valence-corrected chi connectivity index (χ2v) is 5.33. The number of H-pyrrole nitrogens is 1. The lowest BCUT2D eigenvalue weighted by molar-refractivity contribution is 0.0821. The number of fused-ring (bicyclic) bond motifs is 1. The molecule has 3 heterocycles. The summed E-state index contributed by atoms with van der Waals surface area (Å²) in [4.78, 5) is 24.4. The first kappa shape index (κ1) is 13.5. The minimum atomic E-state index is -0.0865. The average Bonchev–Trinajstić information content (AvgIpc) is 3.06. The molecule has 110 valence electrons. The largest absolute Gasteiger partial charge is 0.343 e. The fourth-order valence-electron chi connectivity index (χ4n) is 2.36. The maximum absolute atomic E-state index is 12.1. The Morgan fingerprint density at radius 3 is 2.67 bits per heavy atom. The zero-order valence-corrected chi connectivity index (χ0v) is 12.4. The molecule has 0 saturated carbocycles. The quantitative estimate of drug-likeness (QED) is 0.910. The Morgan fingerprint density at radius 2 is 2.05 bits per heavy atom. The van der Waals surface area contributed by atoms with Gasteiger partial charge in [0, 0.05) is 32.1 Å². The summed E-state index contributed by atoms with van der Waals surface area (Å²) in [5, 5.41) is 7.08. The summed E-state index contributed by atoms with van der Waals surface area (Å²) >= 11 is 0. The number of aromatic nitrogens is 4. The van der Waals surface area contributed by atoms with Crippen molar-refractivity contribution >= 4 is 11.9 Å². The maximum atomic E-state index is 12.1. The zero-order chi connectivity index (χ0) is 15.0. The van der Waals surface area contributed by atoms with Gasteiger partial charge in [-0.15, -0.1) is 0 Å². The molecule has 0 saturated heterocycles. The number of hydrogen-bond acceptors (Lipinski definition) is 5. The number of amides is 1. The molecule has 2 aromatic heterocycles. The highest BCUT2D eigenvalue weighted by molar-refractivity contribution is 5.94. The van der Waals surface area contributed by atoms with E-state index in [0.29, 0.717) is 24.7 Å². The van der Waals surface area contributed by atoms with Gasteiger partial charge in [-0.2, -0.15) is 5.10 Å². The molecule has 0 unspecified atom stereocenters. The molecule has 21 heavy (non-hydrogen) atoms. The highest BCUT2D eigenvalue weighted by Crippen LogP contribution is 2.27. The number of rotatable bonds is 3. The first-order valence-electron chi connectivity index (χ1n) is 6.93. The topological polar surface area (TPSA) is 78.0 Å². The summed E-state index contributed by atoms with van der Waals surface area (Å²) in [6.45, 7) is 3.32. The number of aryl methyl sites for hydroxylation is 1. The molecule has 3 rings (SSSR count). The summed E-state index contributed by atoms with van der Waals surface area (Å²) in [5.74, 6) is 0.594. The molecular formula is C14H18N6O. The third-order valence-corrected chi connectivity index (χ3v) is 3.64. The SMILES string of the molecule is CCc1cnc(N2Cc3[nH]nc(C(=O)N(C)C)c3C2)nc1. The van der Waals surface area contributed by atoms with E-state index in [0.717, 1.165) is 23.2 Å². The molecule has 0 bridgehead atoms. The van der Waals surface area contributed by atoms with Gasteiger partial charge in [0.25, 0.3) is 5.91 Å². The highest BCUT2D eigenvalue weighted by atomic mass is 16.2. The molecule has 0 aromatic carbocycles. The second kappa shape index (κ2) is 5.16. The number of carbonyl (C=O) groups is 1. The van der Waals surface area contributed by atoms with Crippen molar-refractivity contribution < 1.29 is 4.79 Å². The second-order valence-electron chi connectivity index (χ2n) is 5.33. The summed E-state index contributed by atoms with van der Waals surface area (Å²) < 4.78 is 0. The smallest absolute Gasteiger partial charge is 0.274 e. The van der Waals surface area contributed by atoms with Crippen LogP contribution in [0.4, 0.5) is 5.95 Å². The molecule has 0 spiro atoms. The summed E-state index contributed by atoms with van der Waals surface area (Å²) in [7, 11) is 3.45. The summed E-state index contributed by atoms with van der Waals surface area (Å²) in [6.07, 6.45) is 4.61. The van der Waals surface area contributed by atoms with Gasteiger partial charge in [-0.05, 0) is 12.0 Å². The molecule has 1 aliphatic heterocycles. The Labute approximate surface area is 123 Å². The van der Waals surface area contributed by atoms with Crippen LogP contribution in [0.2, 0.25) is 0 Å². The van der Waals surface area contributed by atoms with E-state index < -0.39 is 0 Å². The summed E-state index contributed by atoms with van der Waals surface area (Å²) in [5.41, 5.74) is 3.50. The van der Waals surface area contributed by atoms with Crippen molar-refractivity contribution in [2.45, 2.75) is 26.4 Å². The number of nitrogens with one attached hydrogen (secondary N) is 1. The third-order valence-electron chi connectivity index (χ3n) is 3.64. The van der Waals surface area contributed by atoms with Gasteiger partial charge in [-0.25, -0.2) is 9.97 Å². The van der Waals surface area contributed by atoms with Crippen LogP contribution < -0.4 is 4.90 Å². The van der Waals surface area contributed by atoms with E-state index in [2.05, 4.69) is 27.1 Å². The molecule has 0 atom stereocenters. The van der Waals surface area contributed by atoms with Crippen LogP contribution in [0, 0.1) is 0 Å². The van der Waals surface area contributed by atoms with Crippen molar-refractivity contribution in [1.82, 2.24) is 25.1 Å². The van der Waals surface area contributed by atoms with Crippen molar-refractivity contribution in [2.24, 2.45) is 0 Å². The predicted octanol–water partition coefficient (Wildman–Crippen LogP) is 0.984. The average molecular weight is 286 g/mol. The van der Waals surface area contributed by atoms with Crippen LogP contribution in [-0.4, -0.2) is 45.1 Å². The van der Waals surface area contributed by atoms with Crippen LogP contribution in [-0.2, 0) is 19.5 Å². The van der Waals surface area contributed by atoms with Gasteiger partial charge < -0.3 is 9.80 Å². The Hall–Kier alpha value is -2.44. The summed E-state index contributed by atoms with van der Waals surface area (Å²) in [6, 6.07) is 0. The number of aromatic amines is 1. The van der Waals surface area contributed by atoms with Crippen LogP contribution in [0.25, 0.3) is 0 Å². The maximum Gasteiger partial charge on any atom is 0.274 e. The molecule has 7 nitrogen and oxygen atoms in total. The molecular weight excluding hydrogens is 268 g/mol. The van der Waals surface area contributed by atoms with Gasteiger partial charge in [0.1, 0.15) is 0 Å². The molecule has 2 aromatic rings. The van der Waals surface area contributed by atoms with Crippen LogP contribution in [0.5, 0.6) is 0 Å². The van der Waals surface area contributed by atoms with E-state index in [-0.39, 0.29) is 5.91 Å². The van der Waals surface area contributed by atoms with Gasteiger partial charge in [0.2, 0.25) is 5.95 Å². The van der Waals surface area contributed by atoms with Crippen molar-refractivity contribution in [2.75, 3.05) is 19.0 Å². The minimum Gasteiger partial charge on any atom is -0.343 e. The van der Waals surface area contributed by atoms with E-state index in [1.807, 2.05) is 17.3 Å². The Bertz CT molecular complexity index is 661. The molecule has 0 aliphatic carbocycles. The van der Waals surface area contributed by atoms with Crippen molar-refractivity contribution in [3.63, 3.8) is 0 Å². The molecule has 1 N–H and O–H groups in total. The van der Waals surface area contributed by atoms with Gasteiger partial charge in [0.05, 0.1) is 18.8 Å². The number of carbonyl (C=O) groups excluding carboxylic acids is 1. The van der Waals surface area contributed by atoms with Crippen LogP contribution in [0.3, 0.4) is 0 Å². The van der Waals surface area contributed by atoms with E-state index in [9.17, 15) is 4.79 Å². The number of nitrogens with zero attached hydrogens (tertiary/aromatic N) is 5.